The fraction of sp³-hybridized carbons (Fsp3) is 0.263. The Morgan fingerprint density at radius 2 is 1.92 bits per heavy atom. The lowest BCUT2D eigenvalue weighted by molar-refractivity contribution is -0.135. The minimum absolute atomic E-state index is 0.168. The van der Waals surface area contributed by atoms with E-state index in [1.807, 2.05) is 24.3 Å². The smallest absolute Gasteiger partial charge is 0.257 e. The van der Waals surface area contributed by atoms with Gasteiger partial charge in [-0.2, -0.15) is 0 Å². The van der Waals surface area contributed by atoms with Gasteiger partial charge in [-0.3, -0.25) is 9.59 Å². The molecule has 1 aliphatic rings. The maximum absolute atomic E-state index is 13.8. The van der Waals surface area contributed by atoms with Crippen molar-refractivity contribution in [2.24, 2.45) is 0 Å². The third-order valence-electron chi connectivity index (χ3n) is 4.30. The van der Waals surface area contributed by atoms with Crippen LogP contribution < -0.4 is 4.74 Å². The third-order valence-corrected chi connectivity index (χ3v) is 4.30. The van der Waals surface area contributed by atoms with Gasteiger partial charge in [0, 0.05) is 19.6 Å². The quantitative estimate of drug-likeness (QED) is 0.842. The van der Waals surface area contributed by atoms with Gasteiger partial charge in [-0.15, -0.1) is 0 Å². The van der Waals surface area contributed by atoms with Crippen molar-refractivity contribution in [2.45, 2.75) is 6.54 Å². The largest absolute Gasteiger partial charge is 0.497 e. The molecule has 0 spiro atoms. The van der Waals surface area contributed by atoms with Crippen LogP contribution in [0.1, 0.15) is 15.9 Å². The predicted molar refractivity (Wildman–Crippen MR) is 90.7 cm³/mol. The Morgan fingerprint density at radius 1 is 1.15 bits per heavy atom. The number of benzene rings is 2. The van der Waals surface area contributed by atoms with Crippen LogP contribution in [-0.4, -0.2) is 48.4 Å². The van der Waals surface area contributed by atoms with Crippen molar-refractivity contribution in [2.75, 3.05) is 26.7 Å². The minimum Gasteiger partial charge on any atom is -0.497 e. The summed E-state index contributed by atoms with van der Waals surface area (Å²) in [4.78, 5) is 27.6. The number of hydrogen-bond donors (Lipinski definition) is 0. The average Bonchev–Trinajstić information content (AvgIpc) is 2.65. The summed E-state index contributed by atoms with van der Waals surface area (Å²) in [5.74, 6) is -2.51. The summed E-state index contributed by atoms with van der Waals surface area (Å²) in [6, 6.07) is 10.8. The number of carbonyl (C=O) groups excluding carboxylic acids is 2. The van der Waals surface area contributed by atoms with Gasteiger partial charge in [0.15, 0.2) is 11.6 Å². The summed E-state index contributed by atoms with van der Waals surface area (Å²) in [7, 11) is 1.57. The zero-order valence-electron chi connectivity index (χ0n) is 14.2. The van der Waals surface area contributed by atoms with Crippen LogP contribution >= 0.6 is 0 Å². The second-order valence-electron chi connectivity index (χ2n) is 5.99. The third kappa shape index (κ3) is 3.66. The molecule has 0 N–H and O–H groups in total. The number of nitrogens with zero attached hydrogens (tertiary/aromatic N) is 2. The first kappa shape index (κ1) is 17.8. The first-order valence-corrected chi connectivity index (χ1v) is 8.13. The Balaban J connectivity index is 1.67. The molecule has 7 heteroatoms. The molecular formula is C19H18F2N2O3. The highest BCUT2D eigenvalue weighted by Crippen LogP contribution is 2.18. The van der Waals surface area contributed by atoms with Crippen LogP contribution in [0.5, 0.6) is 5.75 Å². The Hall–Kier alpha value is -2.96. The van der Waals surface area contributed by atoms with E-state index in [9.17, 15) is 18.4 Å². The molecule has 2 aromatic carbocycles. The number of piperazine rings is 1. The van der Waals surface area contributed by atoms with Crippen LogP contribution in [0, 0.1) is 11.6 Å². The summed E-state index contributed by atoms with van der Waals surface area (Å²) < 4.78 is 32.3. The molecule has 0 atom stereocenters. The highest BCUT2D eigenvalue weighted by atomic mass is 19.2. The zero-order chi connectivity index (χ0) is 18.7. The topological polar surface area (TPSA) is 49.9 Å². The van der Waals surface area contributed by atoms with Gasteiger partial charge in [-0.25, -0.2) is 8.78 Å². The first-order valence-electron chi connectivity index (χ1n) is 8.13. The molecule has 2 aromatic rings. The van der Waals surface area contributed by atoms with E-state index >= 15 is 0 Å². The molecule has 0 aromatic heterocycles. The second kappa shape index (κ2) is 7.51. The Bertz CT molecular complexity index is 841. The fourth-order valence-corrected chi connectivity index (χ4v) is 2.88. The SMILES string of the molecule is COc1cccc(CN2CCN(C(=O)c3cccc(F)c3F)CC2=O)c1. The molecule has 0 aliphatic carbocycles. The Kier molecular flexibility index (Phi) is 5.16. The average molecular weight is 360 g/mol. The Labute approximate surface area is 149 Å². The number of methoxy groups -OCH3 is 1. The summed E-state index contributed by atoms with van der Waals surface area (Å²) >= 11 is 0. The second-order valence-corrected chi connectivity index (χ2v) is 5.99. The summed E-state index contributed by atoms with van der Waals surface area (Å²) in [5, 5.41) is 0. The molecule has 1 aliphatic heterocycles. The molecule has 0 saturated carbocycles. The van der Waals surface area contributed by atoms with Gasteiger partial charge in [0.05, 0.1) is 12.7 Å². The van der Waals surface area contributed by atoms with Crippen molar-refractivity contribution in [3.05, 3.63) is 65.2 Å². The van der Waals surface area contributed by atoms with E-state index in [0.717, 1.165) is 11.6 Å². The van der Waals surface area contributed by atoms with Crippen LogP contribution in [0.2, 0.25) is 0 Å². The molecular weight excluding hydrogens is 342 g/mol. The summed E-state index contributed by atoms with van der Waals surface area (Å²) in [6.07, 6.45) is 0. The highest BCUT2D eigenvalue weighted by molar-refractivity contribution is 5.97. The van der Waals surface area contributed by atoms with E-state index in [1.165, 1.54) is 17.0 Å². The number of carbonyl (C=O) groups is 2. The van der Waals surface area contributed by atoms with E-state index in [1.54, 1.807) is 12.0 Å². The van der Waals surface area contributed by atoms with E-state index in [0.29, 0.717) is 18.8 Å². The number of amides is 2. The van der Waals surface area contributed by atoms with Crippen molar-refractivity contribution >= 4 is 11.8 Å². The fourth-order valence-electron chi connectivity index (χ4n) is 2.88. The molecule has 5 nitrogen and oxygen atoms in total. The number of ether oxygens (including phenoxy) is 1. The van der Waals surface area contributed by atoms with Gasteiger partial charge in [0.1, 0.15) is 12.3 Å². The normalized spacial score (nSPS) is 14.5. The lowest BCUT2D eigenvalue weighted by Gasteiger charge is -2.34. The maximum atomic E-state index is 13.8. The van der Waals surface area contributed by atoms with Crippen LogP contribution in [0.25, 0.3) is 0 Å². The van der Waals surface area contributed by atoms with Crippen molar-refractivity contribution in [3.8, 4) is 5.75 Å². The van der Waals surface area contributed by atoms with Gasteiger partial charge in [0.25, 0.3) is 5.91 Å². The van der Waals surface area contributed by atoms with E-state index in [4.69, 9.17) is 4.74 Å². The van der Waals surface area contributed by atoms with Gasteiger partial charge >= 0.3 is 0 Å². The monoisotopic (exact) mass is 360 g/mol. The molecule has 1 heterocycles. The van der Waals surface area contributed by atoms with Crippen LogP contribution in [0.4, 0.5) is 8.78 Å². The molecule has 26 heavy (non-hydrogen) atoms. The summed E-state index contributed by atoms with van der Waals surface area (Å²) in [6.45, 7) is 0.800. The molecule has 0 radical (unpaired) electrons. The van der Waals surface area contributed by atoms with Crippen LogP contribution in [0.3, 0.4) is 0 Å². The number of rotatable bonds is 4. The molecule has 3 rings (SSSR count). The first-order chi connectivity index (χ1) is 12.5. The molecule has 2 amide bonds. The van der Waals surface area contributed by atoms with Crippen LogP contribution in [0.15, 0.2) is 42.5 Å². The minimum atomic E-state index is -1.19. The molecule has 0 bridgehead atoms. The van der Waals surface area contributed by atoms with Gasteiger partial charge in [-0.1, -0.05) is 18.2 Å². The number of hydrogen-bond acceptors (Lipinski definition) is 3. The van der Waals surface area contributed by atoms with E-state index in [2.05, 4.69) is 0 Å². The van der Waals surface area contributed by atoms with Crippen LogP contribution in [-0.2, 0) is 11.3 Å². The van der Waals surface area contributed by atoms with Crippen molar-refractivity contribution < 1.29 is 23.1 Å². The van der Waals surface area contributed by atoms with Gasteiger partial charge in [-0.05, 0) is 29.8 Å². The van der Waals surface area contributed by atoms with Gasteiger partial charge < -0.3 is 14.5 Å². The molecule has 0 unspecified atom stereocenters. The zero-order valence-corrected chi connectivity index (χ0v) is 14.2. The predicted octanol–water partition coefficient (Wildman–Crippen LogP) is 2.46. The molecule has 1 saturated heterocycles. The standard InChI is InChI=1S/C19H18F2N2O3/c1-26-14-5-2-4-13(10-14)11-22-8-9-23(12-17(22)24)19(25)15-6-3-7-16(20)18(15)21/h2-7,10H,8-9,11-12H2,1H3. The molecule has 1 fully saturated rings. The maximum Gasteiger partial charge on any atom is 0.257 e. The summed E-state index contributed by atoms with van der Waals surface area (Å²) in [5.41, 5.74) is 0.549. The lowest BCUT2D eigenvalue weighted by atomic mass is 10.1. The van der Waals surface area contributed by atoms with Crippen molar-refractivity contribution in [3.63, 3.8) is 0 Å². The lowest BCUT2D eigenvalue weighted by Crippen LogP contribution is -2.51. The Morgan fingerprint density at radius 3 is 2.65 bits per heavy atom. The van der Waals surface area contributed by atoms with Gasteiger partial charge in [0.2, 0.25) is 5.91 Å². The number of halogens is 2. The highest BCUT2D eigenvalue weighted by Gasteiger charge is 2.29. The van der Waals surface area contributed by atoms with E-state index in [-0.39, 0.29) is 24.6 Å². The van der Waals surface area contributed by atoms with Crippen molar-refractivity contribution in [1.82, 2.24) is 9.80 Å². The van der Waals surface area contributed by atoms with E-state index < -0.39 is 17.5 Å². The van der Waals surface area contributed by atoms with Crippen molar-refractivity contribution in [1.29, 1.82) is 0 Å². The molecule has 136 valence electrons.